The van der Waals surface area contributed by atoms with E-state index in [2.05, 4.69) is 39.0 Å². The normalized spacial score (nSPS) is 16.9. The molecule has 0 atom stereocenters. The van der Waals surface area contributed by atoms with Crippen molar-refractivity contribution >= 4 is 11.6 Å². The van der Waals surface area contributed by atoms with Crippen molar-refractivity contribution in [3.63, 3.8) is 0 Å². The van der Waals surface area contributed by atoms with Gasteiger partial charge in [0, 0.05) is 38.7 Å². The number of hydrogen-bond acceptors (Lipinski definition) is 6. The smallest absolute Gasteiger partial charge is 0.145 e. The van der Waals surface area contributed by atoms with Crippen LogP contribution in [-0.4, -0.2) is 47.6 Å². The highest BCUT2D eigenvalue weighted by molar-refractivity contribution is 5.49. The first kappa shape index (κ1) is 13.0. The fourth-order valence-electron chi connectivity index (χ4n) is 2.17. The largest absolute Gasteiger partial charge is 0.354 e. The lowest BCUT2D eigenvalue weighted by molar-refractivity contribution is 0.270. The molecule has 0 aromatic carbocycles. The number of aryl methyl sites for hydroxylation is 1. The Kier molecular flexibility index (Phi) is 4.33. The van der Waals surface area contributed by atoms with Crippen LogP contribution in [0.4, 0.5) is 11.6 Å². The predicted octanol–water partition coefficient (Wildman–Crippen LogP) is 0.467. The number of likely N-dealkylation sites (N-methyl/N-ethyl adjacent to an activating group) is 1. The summed E-state index contributed by atoms with van der Waals surface area (Å²) in [6, 6.07) is 1.92. The number of anilines is 2. The summed E-state index contributed by atoms with van der Waals surface area (Å²) in [6.45, 7) is 9.57. The van der Waals surface area contributed by atoms with Gasteiger partial charge < -0.3 is 15.2 Å². The average Bonchev–Trinajstić information content (AvgIpc) is 2.46. The van der Waals surface area contributed by atoms with Gasteiger partial charge in [-0.15, -0.1) is 0 Å². The van der Waals surface area contributed by atoms with Crippen molar-refractivity contribution in [2.75, 3.05) is 43.0 Å². The van der Waals surface area contributed by atoms with Gasteiger partial charge in [-0.05, 0) is 6.54 Å². The molecule has 1 saturated heterocycles. The van der Waals surface area contributed by atoms with E-state index in [-0.39, 0.29) is 0 Å². The number of nitrogens with one attached hydrogen (secondary N) is 1. The van der Waals surface area contributed by atoms with Crippen LogP contribution in [0.3, 0.4) is 0 Å². The molecule has 1 aliphatic rings. The molecule has 2 rings (SSSR count). The fraction of sp³-hybridized carbons (Fsp3) is 0.667. The van der Waals surface area contributed by atoms with E-state index in [9.17, 15) is 0 Å². The highest BCUT2D eigenvalue weighted by atomic mass is 15.3. The molecule has 1 aromatic heterocycles. The molecule has 100 valence electrons. The lowest BCUT2D eigenvalue weighted by Crippen LogP contribution is -2.46. The molecule has 2 heterocycles. The van der Waals surface area contributed by atoms with Gasteiger partial charge in [-0.25, -0.2) is 15.8 Å². The van der Waals surface area contributed by atoms with Crippen molar-refractivity contribution in [1.29, 1.82) is 0 Å². The molecule has 0 bridgehead atoms. The SMILES string of the molecule is CCc1nc(NN)cc(N2CCN(CC)CC2)n1. The van der Waals surface area contributed by atoms with E-state index in [1.54, 1.807) is 0 Å². The number of piperazine rings is 1. The van der Waals surface area contributed by atoms with Crippen LogP contribution in [-0.2, 0) is 6.42 Å². The van der Waals surface area contributed by atoms with Crippen LogP contribution in [0, 0.1) is 0 Å². The minimum absolute atomic E-state index is 0.690. The molecule has 1 aromatic rings. The van der Waals surface area contributed by atoms with Crippen LogP contribution < -0.4 is 16.2 Å². The minimum Gasteiger partial charge on any atom is -0.354 e. The van der Waals surface area contributed by atoms with E-state index in [1.807, 2.05) is 6.07 Å². The van der Waals surface area contributed by atoms with Crippen LogP contribution in [0.2, 0.25) is 0 Å². The summed E-state index contributed by atoms with van der Waals surface area (Å²) in [5.41, 5.74) is 2.61. The van der Waals surface area contributed by atoms with Crippen molar-refractivity contribution in [2.45, 2.75) is 20.3 Å². The molecule has 0 radical (unpaired) electrons. The molecule has 0 aliphatic carbocycles. The molecule has 0 spiro atoms. The number of hydrazine groups is 1. The molecular weight excluding hydrogens is 228 g/mol. The molecular formula is C12H22N6. The van der Waals surface area contributed by atoms with Gasteiger partial charge >= 0.3 is 0 Å². The van der Waals surface area contributed by atoms with Gasteiger partial charge in [0.25, 0.3) is 0 Å². The van der Waals surface area contributed by atoms with Gasteiger partial charge in [-0.1, -0.05) is 13.8 Å². The molecule has 3 N–H and O–H groups in total. The maximum Gasteiger partial charge on any atom is 0.145 e. The third-order valence-corrected chi connectivity index (χ3v) is 3.37. The minimum atomic E-state index is 0.690. The standard InChI is InChI=1S/C12H22N6/c1-3-10-14-11(16-13)9-12(15-10)18-7-5-17(4-2)6-8-18/h9H,3-8,13H2,1-2H3,(H,14,15,16). The molecule has 0 unspecified atom stereocenters. The quantitative estimate of drug-likeness (QED) is 0.598. The van der Waals surface area contributed by atoms with Crippen LogP contribution in [0.5, 0.6) is 0 Å². The molecule has 6 heteroatoms. The maximum atomic E-state index is 5.45. The predicted molar refractivity (Wildman–Crippen MR) is 73.5 cm³/mol. The van der Waals surface area contributed by atoms with Gasteiger partial charge in [-0.3, -0.25) is 0 Å². The summed E-state index contributed by atoms with van der Waals surface area (Å²) in [6.07, 6.45) is 0.817. The number of rotatable bonds is 4. The summed E-state index contributed by atoms with van der Waals surface area (Å²) in [5.74, 6) is 7.95. The Balaban J connectivity index is 2.13. The van der Waals surface area contributed by atoms with Crippen LogP contribution >= 0.6 is 0 Å². The number of nitrogens with zero attached hydrogens (tertiary/aromatic N) is 4. The van der Waals surface area contributed by atoms with E-state index in [1.165, 1.54) is 0 Å². The highest BCUT2D eigenvalue weighted by Crippen LogP contribution is 2.17. The van der Waals surface area contributed by atoms with Crippen molar-refractivity contribution in [3.05, 3.63) is 11.9 Å². The summed E-state index contributed by atoms with van der Waals surface area (Å²) in [4.78, 5) is 13.6. The van der Waals surface area contributed by atoms with E-state index in [4.69, 9.17) is 5.84 Å². The third kappa shape index (κ3) is 2.88. The van der Waals surface area contributed by atoms with Crippen LogP contribution in [0.1, 0.15) is 19.7 Å². The Morgan fingerprint density at radius 1 is 1.22 bits per heavy atom. The lowest BCUT2D eigenvalue weighted by atomic mass is 10.3. The molecule has 18 heavy (non-hydrogen) atoms. The van der Waals surface area contributed by atoms with Crippen LogP contribution in [0.15, 0.2) is 6.07 Å². The van der Waals surface area contributed by atoms with E-state index in [0.29, 0.717) is 5.82 Å². The second-order valence-electron chi connectivity index (χ2n) is 4.45. The Bertz CT molecular complexity index is 364. The summed E-state index contributed by atoms with van der Waals surface area (Å²) >= 11 is 0. The van der Waals surface area contributed by atoms with Crippen LogP contribution in [0.25, 0.3) is 0 Å². The number of hydrogen-bond donors (Lipinski definition) is 2. The number of nitrogen functional groups attached to an aromatic ring is 1. The summed E-state index contributed by atoms with van der Waals surface area (Å²) < 4.78 is 0. The van der Waals surface area contributed by atoms with Gasteiger partial charge in [0.1, 0.15) is 17.5 Å². The van der Waals surface area contributed by atoms with Gasteiger partial charge in [0.05, 0.1) is 0 Å². The molecule has 1 aliphatic heterocycles. The van der Waals surface area contributed by atoms with E-state index < -0.39 is 0 Å². The van der Waals surface area contributed by atoms with Crippen molar-refractivity contribution in [2.24, 2.45) is 5.84 Å². The fourth-order valence-corrected chi connectivity index (χ4v) is 2.17. The highest BCUT2D eigenvalue weighted by Gasteiger charge is 2.17. The zero-order valence-electron chi connectivity index (χ0n) is 11.2. The van der Waals surface area contributed by atoms with Gasteiger partial charge in [0.2, 0.25) is 0 Å². The zero-order valence-corrected chi connectivity index (χ0v) is 11.2. The summed E-state index contributed by atoms with van der Waals surface area (Å²) in [5, 5.41) is 0. The maximum absolute atomic E-state index is 5.45. The molecule has 0 amide bonds. The Morgan fingerprint density at radius 3 is 2.50 bits per heavy atom. The second-order valence-corrected chi connectivity index (χ2v) is 4.45. The van der Waals surface area contributed by atoms with Gasteiger partial charge in [-0.2, -0.15) is 0 Å². The first-order valence-corrected chi connectivity index (χ1v) is 6.58. The average molecular weight is 250 g/mol. The second kappa shape index (κ2) is 5.97. The monoisotopic (exact) mass is 250 g/mol. The Hall–Kier alpha value is -1.40. The van der Waals surface area contributed by atoms with Gasteiger partial charge in [0.15, 0.2) is 0 Å². The van der Waals surface area contributed by atoms with Crippen molar-refractivity contribution < 1.29 is 0 Å². The zero-order chi connectivity index (χ0) is 13.0. The van der Waals surface area contributed by atoms with Crippen molar-refractivity contribution in [1.82, 2.24) is 14.9 Å². The summed E-state index contributed by atoms with van der Waals surface area (Å²) in [7, 11) is 0. The number of nitrogens with two attached hydrogens (primary N) is 1. The molecule has 0 saturated carbocycles. The molecule has 6 nitrogen and oxygen atoms in total. The van der Waals surface area contributed by atoms with Crippen molar-refractivity contribution in [3.8, 4) is 0 Å². The first-order chi connectivity index (χ1) is 8.76. The number of aromatic nitrogens is 2. The van der Waals surface area contributed by atoms with E-state index in [0.717, 1.165) is 50.8 Å². The lowest BCUT2D eigenvalue weighted by Gasteiger charge is -2.34. The topological polar surface area (TPSA) is 70.3 Å². The Labute approximate surface area is 108 Å². The third-order valence-electron chi connectivity index (χ3n) is 3.37. The first-order valence-electron chi connectivity index (χ1n) is 6.58. The Morgan fingerprint density at radius 2 is 1.94 bits per heavy atom. The molecule has 1 fully saturated rings. The van der Waals surface area contributed by atoms with E-state index >= 15 is 0 Å².